The largest absolute Gasteiger partial charge is 0.483 e. The minimum absolute atomic E-state index is 0.158. The molecule has 0 aliphatic heterocycles. The first kappa shape index (κ1) is 23.5. The lowest BCUT2D eigenvalue weighted by Gasteiger charge is -2.15. The summed E-state index contributed by atoms with van der Waals surface area (Å²) in [6.07, 6.45) is 0. The first-order valence-corrected chi connectivity index (χ1v) is 11.2. The highest BCUT2D eigenvalue weighted by Gasteiger charge is 2.15. The second kappa shape index (κ2) is 10.5. The standard InChI is InChI=1S/C26H27BrN2O3/c1-16(2)22-14-19(27)10-12-24(22)32-15-25(30)29-23-8-6-5-7-21(23)26(31)28-20-11-9-17(3)18(4)13-20/h5-14,16H,15H2,1-4H3,(H,28,31)(H,29,30). The van der Waals surface area contributed by atoms with Crippen molar-refractivity contribution in [3.05, 3.63) is 87.4 Å². The number of amides is 2. The normalized spacial score (nSPS) is 10.7. The molecule has 0 radical (unpaired) electrons. The van der Waals surface area contributed by atoms with Crippen LogP contribution in [0.4, 0.5) is 11.4 Å². The van der Waals surface area contributed by atoms with Crippen LogP contribution in [0.15, 0.2) is 65.1 Å². The Morgan fingerprint density at radius 2 is 1.69 bits per heavy atom. The number of ether oxygens (including phenoxy) is 1. The van der Waals surface area contributed by atoms with Gasteiger partial charge >= 0.3 is 0 Å². The van der Waals surface area contributed by atoms with Gasteiger partial charge in [0.2, 0.25) is 0 Å². The minimum atomic E-state index is -0.339. The van der Waals surface area contributed by atoms with Crippen molar-refractivity contribution in [2.24, 2.45) is 0 Å². The highest BCUT2D eigenvalue weighted by molar-refractivity contribution is 9.10. The molecule has 0 fully saturated rings. The van der Waals surface area contributed by atoms with Gasteiger partial charge < -0.3 is 15.4 Å². The van der Waals surface area contributed by atoms with Crippen LogP contribution >= 0.6 is 15.9 Å². The number of rotatable bonds is 7. The molecule has 3 rings (SSSR count). The van der Waals surface area contributed by atoms with Gasteiger partial charge in [0.15, 0.2) is 6.61 Å². The van der Waals surface area contributed by atoms with E-state index in [0.29, 0.717) is 22.7 Å². The van der Waals surface area contributed by atoms with Crippen LogP contribution in [0.25, 0.3) is 0 Å². The molecule has 0 spiro atoms. The van der Waals surface area contributed by atoms with Crippen LogP contribution < -0.4 is 15.4 Å². The highest BCUT2D eigenvalue weighted by Crippen LogP contribution is 2.29. The van der Waals surface area contributed by atoms with E-state index in [1.54, 1.807) is 24.3 Å². The van der Waals surface area contributed by atoms with Crippen molar-refractivity contribution >= 4 is 39.1 Å². The van der Waals surface area contributed by atoms with Crippen LogP contribution in [0.1, 0.15) is 46.8 Å². The van der Waals surface area contributed by atoms with Crippen molar-refractivity contribution in [3.8, 4) is 5.75 Å². The monoisotopic (exact) mass is 494 g/mol. The highest BCUT2D eigenvalue weighted by atomic mass is 79.9. The average Bonchev–Trinajstić information content (AvgIpc) is 2.75. The fourth-order valence-corrected chi connectivity index (χ4v) is 3.62. The number of carbonyl (C=O) groups is 2. The van der Waals surface area contributed by atoms with E-state index in [1.807, 2.05) is 50.2 Å². The number of hydrogen-bond acceptors (Lipinski definition) is 3. The topological polar surface area (TPSA) is 67.4 Å². The van der Waals surface area contributed by atoms with Gasteiger partial charge in [0, 0.05) is 10.2 Å². The van der Waals surface area contributed by atoms with E-state index in [2.05, 4.69) is 40.4 Å². The van der Waals surface area contributed by atoms with Gasteiger partial charge in [0.05, 0.1) is 11.3 Å². The first-order chi connectivity index (χ1) is 15.2. The third-order valence-electron chi connectivity index (χ3n) is 5.16. The predicted octanol–water partition coefficient (Wildman–Crippen LogP) is 6.46. The number of nitrogens with one attached hydrogen (secondary N) is 2. The zero-order valence-electron chi connectivity index (χ0n) is 18.7. The third-order valence-corrected chi connectivity index (χ3v) is 5.66. The van der Waals surface area contributed by atoms with Crippen LogP contribution in [0, 0.1) is 13.8 Å². The molecule has 0 bridgehead atoms. The molecule has 0 unspecified atom stereocenters. The van der Waals surface area contributed by atoms with Crippen molar-refractivity contribution < 1.29 is 14.3 Å². The maximum absolute atomic E-state index is 12.8. The number of benzene rings is 3. The maximum atomic E-state index is 12.8. The van der Waals surface area contributed by atoms with Crippen molar-refractivity contribution in [1.82, 2.24) is 0 Å². The Balaban J connectivity index is 1.69. The van der Waals surface area contributed by atoms with E-state index in [9.17, 15) is 9.59 Å². The molecular formula is C26H27BrN2O3. The Bertz CT molecular complexity index is 1140. The van der Waals surface area contributed by atoms with Crippen LogP contribution in [-0.2, 0) is 4.79 Å². The van der Waals surface area contributed by atoms with Gasteiger partial charge in [0.25, 0.3) is 11.8 Å². The maximum Gasteiger partial charge on any atom is 0.262 e. The van der Waals surface area contributed by atoms with Gasteiger partial charge in [0.1, 0.15) is 5.75 Å². The summed E-state index contributed by atoms with van der Waals surface area (Å²) in [4.78, 5) is 25.4. The molecule has 6 heteroatoms. The van der Waals surface area contributed by atoms with E-state index >= 15 is 0 Å². The fraction of sp³-hybridized carbons (Fsp3) is 0.231. The zero-order valence-corrected chi connectivity index (χ0v) is 20.2. The first-order valence-electron chi connectivity index (χ1n) is 10.4. The molecule has 166 valence electrons. The van der Waals surface area contributed by atoms with Crippen LogP contribution in [0.2, 0.25) is 0 Å². The lowest BCUT2D eigenvalue weighted by atomic mass is 10.0. The van der Waals surface area contributed by atoms with Crippen LogP contribution in [0.3, 0.4) is 0 Å². The van der Waals surface area contributed by atoms with Crippen molar-refractivity contribution in [2.75, 3.05) is 17.2 Å². The molecule has 0 saturated heterocycles. The molecular weight excluding hydrogens is 468 g/mol. The fourth-order valence-electron chi connectivity index (χ4n) is 3.24. The SMILES string of the molecule is Cc1ccc(NC(=O)c2ccccc2NC(=O)COc2ccc(Br)cc2C(C)C)cc1C. The second-order valence-corrected chi connectivity index (χ2v) is 8.89. The molecule has 3 aromatic rings. The zero-order chi connectivity index (χ0) is 23.3. The Morgan fingerprint density at radius 1 is 0.938 bits per heavy atom. The summed E-state index contributed by atoms with van der Waals surface area (Å²) in [6, 6.07) is 18.4. The van der Waals surface area contributed by atoms with Crippen molar-refractivity contribution in [2.45, 2.75) is 33.6 Å². The molecule has 2 N–H and O–H groups in total. The van der Waals surface area contributed by atoms with Gasteiger partial charge in [-0.2, -0.15) is 0 Å². The molecule has 0 heterocycles. The van der Waals surface area contributed by atoms with E-state index in [0.717, 1.165) is 21.2 Å². The summed E-state index contributed by atoms with van der Waals surface area (Å²) in [6.45, 7) is 7.99. The molecule has 0 saturated carbocycles. The summed E-state index contributed by atoms with van der Waals surface area (Å²) >= 11 is 3.47. The Morgan fingerprint density at radius 3 is 2.41 bits per heavy atom. The van der Waals surface area contributed by atoms with Gasteiger partial charge in [-0.1, -0.05) is 48.0 Å². The molecule has 32 heavy (non-hydrogen) atoms. The number of aryl methyl sites for hydroxylation is 2. The van der Waals surface area contributed by atoms with Crippen LogP contribution in [-0.4, -0.2) is 18.4 Å². The van der Waals surface area contributed by atoms with E-state index < -0.39 is 0 Å². The lowest BCUT2D eigenvalue weighted by Crippen LogP contribution is -2.23. The number of para-hydroxylation sites is 1. The Labute approximate surface area is 197 Å². The number of carbonyl (C=O) groups excluding carboxylic acids is 2. The van der Waals surface area contributed by atoms with Gasteiger partial charge in [-0.15, -0.1) is 0 Å². The second-order valence-electron chi connectivity index (χ2n) is 7.97. The van der Waals surface area contributed by atoms with Gasteiger partial charge in [-0.25, -0.2) is 0 Å². The third kappa shape index (κ3) is 5.98. The summed E-state index contributed by atoms with van der Waals surface area (Å²) in [5, 5.41) is 5.69. The minimum Gasteiger partial charge on any atom is -0.483 e. The molecule has 5 nitrogen and oxygen atoms in total. The van der Waals surface area contributed by atoms with Crippen molar-refractivity contribution in [1.29, 1.82) is 0 Å². The summed E-state index contributed by atoms with van der Waals surface area (Å²) < 4.78 is 6.73. The van der Waals surface area contributed by atoms with E-state index in [-0.39, 0.29) is 24.3 Å². The molecule has 0 aromatic heterocycles. The van der Waals surface area contributed by atoms with Crippen LogP contribution in [0.5, 0.6) is 5.75 Å². The van der Waals surface area contributed by atoms with E-state index in [4.69, 9.17) is 4.74 Å². The Hall–Kier alpha value is -3.12. The number of halogens is 1. The Kier molecular flexibility index (Phi) is 7.70. The number of anilines is 2. The van der Waals surface area contributed by atoms with Gasteiger partial charge in [-0.05, 0) is 78.9 Å². The lowest BCUT2D eigenvalue weighted by molar-refractivity contribution is -0.118. The molecule has 0 atom stereocenters. The van der Waals surface area contributed by atoms with E-state index in [1.165, 1.54) is 0 Å². The average molecular weight is 495 g/mol. The number of hydrogen-bond donors (Lipinski definition) is 2. The quantitative estimate of drug-likeness (QED) is 0.395. The molecule has 0 aliphatic carbocycles. The van der Waals surface area contributed by atoms with Gasteiger partial charge in [-0.3, -0.25) is 9.59 Å². The summed E-state index contributed by atoms with van der Waals surface area (Å²) in [5.41, 5.74) is 4.78. The molecule has 2 amide bonds. The van der Waals surface area contributed by atoms with Crippen molar-refractivity contribution in [3.63, 3.8) is 0 Å². The smallest absolute Gasteiger partial charge is 0.262 e. The summed E-state index contributed by atoms with van der Waals surface area (Å²) in [7, 11) is 0. The predicted molar refractivity (Wildman–Crippen MR) is 133 cm³/mol. The molecule has 0 aliphatic rings. The summed E-state index contributed by atoms with van der Waals surface area (Å²) in [5.74, 6) is 0.286. The molecule has 3 aromatic carbocycles.